The monoisotopic (exact) mass is 314 g/mol. The van der Waals surface area contributed by atoms with E-state index < -0.39 is 5.97 Å². The zero-order valence-electron chi connectivity index (χ0n) is 13.2. The van der Waals surface area contributed by atoms with Crippen molar-refractivity contribution < 1.29 is 19.5 Å². The van der Waals surface area contributed by atoms with Gasteiger partial charge in [0.15, 0.2) is 0 Å². The number of esters is 1. The van der Waals surface area contributed by atoms with Gasteiger partial charge in [0.2, 0.25) is 5.88 Å². The molecule has 0 radical (unpaired) electrons. The second-order valence-corrected chi connectivity index (χ2v) is 5.02. The van der Waals surface area contributed by atoms with E-state index in [1.807, 2.05) is 6.07 Å². The molecule has 6 heteroatoms. The van der Waals surface area contributed by atoms with Crippen LogP contribution >= 0.6 is 0 Å². The quantitative estimate of drug-likeness (QED) is 0.522. The Labute approximate surface area is 134 Å². The number of rotatable bonds is 5. The van der Waals surface area contributed by atoms with Crippen LogP contribution in [0.3, 0.4) is 0 Å². The van der Waals surface area contributed by atoms with Crippen molar-refractivity contribution in [1.29, 1.82) is 0 Å². The number of nitrogens with zero attached hydrogens (tertiary/aromatic N) is 2. The first kappa shape index (κ1) is 16.4. The highest BCUT2D eigenvalue weighted by atomic mass is 16.5. The van der Waals surface area contributed by atoms with Crippen molar-refractivity contribution in [2.45, 2.75) is 33.5 Å². The summed E-state index contributed by atoms with van der Waals surface area (Å²) in [6.45, 7) is 5.39. The van der Waals surface area contributed by atoms with Gasteiger partial charge in [-0.25, -0.2) is 4.79 Å². The Bertz CT molecular complexity index is 753. The Hall–Kier alpha value is -2.94. The van der Waals surface area contributed by atoms with Crippen molar-refractivity contribution in [3.63, 3.8) is 0 Å². The number of carbonyl (C=O) groups is 1. The Kier molecular flexibility index (Phi) is 5.26. The molecule has 0 unspecified atom stereocenters. The summed E-state index contributed by atoms with van der Waals surface area (Å²) in [5.41, 5.74) is 1.72. The van der Waals surface area contributed by atoms with Gasteiger partial charge in [0, 0.05) is 17.2 Å². The fourth-order valence-electron chi connectivity index (χ4n) is 1.98. The average molecular weight is 314 g/mol. The van der Waals surface area contributed by atoms with E-state index in [9.17, 15) is 4.79 Å². The van der Waals surface area contributed by atoms with Gasteiger partial charge in [-0.15, -0.1) is 10.8 Å². The van der Waals surface area contributed by atoms with Gasteiger partial charge in [-0.05, 0) is 32.9 Å². The molecule has 0 saturated heterocycles. The zero-order valence-corrected chi connectivity index (χ0v) is 13.2. The summed E-state index contributed by atoms with van der Waals surface area (Å²) < 4.78 is 10.8. The minimum atomic E-state index is -0.425. The van der Waals surface area contributed by atoms with Gasteiger partial charge in [-0.1, -0.05) is 17.1 Å². The van der Waals surface area contributed by atoms with Crippen molar-refractivity contribution >= 4 is 5.97 Å². The normalized spacial score (nSPS) is 10.1. The molecule has 0 aliphatic carbocycles. The minimum absolute atomic E-state index is 0.0877. The summed E-state index contributed by atoms with van der Waals surface area (Å²) in [6, 6.07) is 6.75. The van der Waals surface area contributed by atoms with Crippen molar-refractivity contribution in [3.8, 4) is 17.7 Å². The first-order valence-corrected chi connectivity index (χ1v) is 7.14. The Morgan fingerprint density at radius 3 is 2.78 bits per heavy atom. The molecule has 23 heavy (non-hydrogen) atoms. The van der Waals surface area contributed by atoms with E-state index in [0.717, 1.165) is 0 Å². The Balaban J connectivity index is 2.32. The lowest BCUT2D eigenvalue weighted by atomic mass is 10.0. The SMILES string of the molecule is CC#Cc1cccc(C(=O)OC(C)C)c1COc1ccn(O)n1. The van der Waals surface area contributed by atoms with Gasteiger partial charge in [0.1, 0.15) is 6.61 Å². The van der Waals surface area contributed by atoms with E-state index >= 15 is 0 Å². The zero-order chi connectivity index (χ0) is 16.8. The predicted molar refractivity (Wildman–Crippen MR) is 83.3 cm³/mol. The van der Waals surface area contributed by atoms with Crippen LogP contribution < -0.4 is 4.74 Å². The molecule has 2 aromatic rings. The first-order chi connectivity index (χ1) is 11.0. The maximum absolute atomic E-state index is 12.3. The Morgan fingerprint density at radius 2 is 2.17 bits per heavy atom. The van der Waals surface area contributed by atoms with Gasteiger partial charge in [0.25, 0.3) is 0 Å². The average Bonchev–Trinajstić information content (AvgIpc) is 2.91. The van der Waals surface area contributed by atoms with E-state index in [1.165, 1.54) is 12.3 Å². The summed E-state index contributed by atoms with van der Waals surface area (Å²) >= 11 is 0. The van der Waals surface area contributed by atoms with Gasteiger partial charge in [0.05, 0.1) is 17.9 Å². The van der Waals surface area contributed by atoms with Crippen LogP contribution in [-0.2, 0) is 11.3 Å². The lowest BCUT2D eigenvalue weighted by molar-refractivity contribution is 0.0374. The molecule has 0 aliphatic heterocycles. The Morgan fingerprint density at radius 1 is 1.39 bits per heavy atom. The fourth-order valence-corrected chi connectivity index (χ4v) is 1.98. The number of hydrogen-bond donors (Lipinski definition) is 1. The molecule has 6 nitrogen and oxygen atoms in total. The van der Waals surface area contributed by atoms with Crippen LogP contribution in [0.4, 0.5) is 0 Å². The van der Waals surface area contributed by atoms with E-state index in [2.05, 4.69) is 16.9 Å². The second-order valence-electron chi connectivity index (χ2n) is 5.02. The predicted octanol–water partition coefficient (Wildman–Crippen LogP) is 2.64. The van der Waals surface area contributed by atoms with Crippen LogP contribution in [0.2, 0.25) is 0 Å². The van der Waals surface area contributed by atoms with Crippen molar-refractivity contribution in [2.75, 3.05) is 0 Å². The molecule has 2 rings (SSSR count). The number of aromatic nitrogens is 2. The molecule has 0 atom stereocenters. The molecule has 0 bridgehead atoms. The van der Waals surface area contributed by atoms with E-state index in [1.54, 1.807) is 32.9 Å². The van der Waals surface area contributed by atoms with E-state index in [4.69, 9.17) is 14.7 Å². The largest absolute Gasteiger partial charge is 0.472 e. The van der Waals surface area contributed by atoms with Gasteiger partial charge < -0.3 is 14.7 Å². The van der Waals surface area contributed by atoms with Gasteiger partial charge >= 0.3 is 5.97 Å². The summed E-state index contributed by atoms with van der Waals surface area (Å²) in [5.74, 6) is 5.59. The van der Waals surface area contributed by atoms with Crippen LogP contribution in [0.15, 0.2) is 30.5 Å². The lowest BCUT2D eigenvalue weighted by Gasteiger charge is -2.13. The van der Waals surface area contributed by atoms with E-state index in [0.29, 0.717) is 21.5 Å². The highest BCUT2D eigenvalue weighted by Gasteiger charge is 2.17. The van der Waals surface area contributed by atoms with Crippen molar-refractivity contribution in [2.24, 2.45) is 0 Å². The topological polar surface area (TPSA) is 73.6 Å². The summed E-state index contributed by atoms with van der Waals surface area (Å²) in [4.78, 5) is 12.9. The maximum Gasteiger partial charge on any atom is 0.338 e. The van der Waals surface area contributed by atoms with Gasteiger partial charge in [-0.2, -0.15) is 0 Å². The van der Waals surface area contributed by atoms with E-state index in [-0.39, 0.29) is 18.6 Å². The minimum Gasteiger partial charge on any atom is -0.472 e. The molecule has 0 fully saturated rings. The highest BCUT2D eigenvalue weighted by molar-refractivity contribution is 5.92. The van der Waals surface area contributed by atoms with Crippen LogP contribution in [0.25, 0.3) is 0 Å². The third-order valence-corrected chi connectivity index (χ3v) is 2.91. The highest BCUT2D eigenvalue weighted by Crippen LogP contribution is 2.19. The van der Waals surface area contributed by atoms with Crippen LogP contribution in [-0.4, -0.2) is 27.2 Å². The molecule has 0 amide bonds. The number of hydrogen-bond acceptors (Lipinski definition) is 5. The van der Waals surface area contributed by atoms with Crippen LogP contribution in [0, 0.1) is 11.8 Å². The molecule has 0 spiro atoms. The lowest BCUT2D eigenvalue weighted by Crippen LogP contribution is -2.15. The molecule has 0 aliphatic rings. The summed E-state index contributed by atoms with van der Waals surface area (Å²) in [7, 11) is 0. The summed E-state index contributed by atoms with van der Waals surface area (Å²) in [5, 5.41) is 12.9. The van der Waals surface area contributed by atoms with Crippen LogP contribution in [0.1, 0.15) is 42.3 Å². The molecular formula is C17H18N2O4. The number of ether oxygens (including phenoxy) is 2. The van der Waals surface area contributed by atoms with Crippen molar-refractivity contribution in [1.82, 2.24) is 9.94 Å². The number of carbonyl (C=O) groups excluding carboxylic acids is 1. The second kappa shape index (κ2) is 7.36. The maximum atomic E-state index is 12.3. The fraction of sp³-hybridized carbons (Fsp3) is 0.294. The van der Waals surface area contributed by atoms with Crippen molar-refractivity contribution in [3.05, 3.63) is 47.2 Å². The summed E-state index contributed by atoms with van der Waals surface area (Å²) in [6.07, 6.45) is 1.13. The molecule has 1 aromatic carbocycles. The molecule has 1 aromatic heterocycles. The third-order valence-electron chi connectivity index (χ3n) is 2.91. The molecule has 1 heterocycles. The third kappa shape index (κ3) is 4.27. The molecule has 120 valence electrons. The van der Waals surface area contributed by atoms with Crippen LogP contribution in [0.5, 0.6) is 5.88 Å². The van der Waals surface area contributed by atoms with Gasteiger partial charge in [-0.3, -0.25) is 0 Å². The molecule has 1 N–H and O–H groups in total. The standard InChI is InChI=1S/C17H18N2O4/c1-4-6-13-7-5-8-14(17(20)23-12(2)3)15(13)11-22-16-9-10-19(21)18-16/h5,7-10,12,21H,11H2,1-3H3. The molecule has 0 saturated carbocycles. The number of benzene rings is 1. The first-order valence-electron chi connectivity index (χ1n) is 7.14. The molecular weight excluding hydrogens is 296 g/mol. The smallest absolute Gasteiger partial charge is 0.338 e.